The lowest BCUT2D eigenvalue weighted by atomic mass is 9.89. The molecule has 2 unspecified atom stereocenters. The Balaban J connectivity index is 2.70. The molecule has 0 bridgehead atoms. The molecule has 0 heterocycles. The van der Waals surface area contributed by atoms with Gasteiger partial charge in [-0.05, 0) is 56.0 Å². The fraction of sp³-hybridized carbons (Fsp3) is 0.258. The number of halogens is 6. The van der Waals surface area contributed by atoms with E-state index in [4.69, 9.17) is 9.47 Å². The number of benzene rings is 3. The zero-order chi connectivity index (χ0) is 32.7. The van der Waals surface area contributed by atoms with Crippen molar-refractivity contribution in [3.8, 4) is 0 Å². The lowest BCUT2D eigenvalue weighted by Gasteiger charge is -2.38. The summed E-state index contributed by atoms with van der Waals surface area (Å²) in [5.41, 5.74) is -4.77. The molecule has 0 saturated carbocycles. The molecule has 0 spiro atoms. The first kappa shape index (κ1) is 34.3. The third-order valence-corrected chi connectivity index (χ3v) is 11.3. The van der Waals surface area contributed by atoms with Gasteiger partial charge in [0.05, 0.1) is 13.2 Å². The molecule has 13 heteroatoms. The Morgan fingerprint density at radius 1 is 0.659 bits per heavy atom. The molecule has 0 saturated heterocycles. The van der Waals surface area contributed by atoms with E-state index < -0.39 is 73.5 Å². The van der Waals surface area contributed by atoms with E-state index in [1.807, 2.05) is 0 Å². The first-order valence-corrected chi connectivity index (χ1v) is 15.1. The molecular weight excluding hydrogens is 613 g/mol. The van der Waals surface area contributed by atoms with Crippen molar-refractivity contribution in [2.45, 2.75) is 31.9 Å². The van der Waals surface area contributed by atoms with Crippen molar-refractivity contribution in [3.63, 3.8) is 0 Å². The second-order valence-corrected chi connectivity index (χ2v) is 12.8. The summed E-state index contributed by atoms with van der Waals surface area (Å²) in [6.45, 7) is 1.60. The van der Waals surface area contributed by atoms with Gasteiger partial charge >= 0.3 is 24.3 Å². The minimum absolute atomic E-state index is 0.239. The van der Waals surface area contributed by atoms with Crippen LogP contribution in [-0.4, -0.2) is 48.9 Å². The molecule has 0 fully saturated rings. The second kappa shape index (κ2) is 14.1. The standard InChI is InChI=1S/C31H27F6O6P/c1-3-42-28(40)23(24(26(38)30(32,33)34)27(39)31(35,36)37)25(29(41)43-4-2)44(20-14-8-5-9-15-20,21-16-10-6-11-17-21)22-18-12-7-13-19-22/h5-19,23,25H,3-4H2,1-2H3. The summed E-state index contributed by atoms with van der Waals surface area (Å²) in [5.74, 6) is -12.6. The predicted octanol–water partition coefficient (Wildman–Crippen LogP) is 4.40. The number of allylic oxidation sites excluding steroid dienone is 1. The SMILES string of the molecule is CCOC(=O)C(/C(C(=O)C(F)(F)F)=C(/[O-])C(F)(F)F)C(C(=O)OCC)[P+](c1ccccc1)(c1ccccc1)c1ccccc1. The number of esters is 2. The average molecular weight is 641 g/mol. The normalized spacial score (nSPS) is 14.2. The lowest BCUT2D eigenvalue weighted by molar-refractivity contribution is -0.362. The summed E-state index contributed by atoms with van der Waals surface area (Å²) >= 11 is 0. The quantitative estimate of drug-likeness (QED) is 0.102. The fourth-order valence-electron chi connectivity index (χ4n) is 4.99. The molecule has 0 N–H and O–H groups in total. The molecule has 0 amide bonds. The van der Waals surface area contributed by atoms with E-state index in [9.17, 15) is 45.8 Å². The highest BCUT2D eigenvalue weighted by molar-refractivity contribution is 7.97. The number of carbonyl (C=O) groups excluding carboxylic acids is 3. The number of carbonyl (C=O) groups is 3. The summed E-state index contributed by atoms with van der Waals surface area (Å²) in [6.07, 6.45) is -12.1. The zero-order valence-corrected chi connectivity index (χ0v) is 24.3. The van der Waals surface area contributed by atoms with Crippen molar-refractivity contribution in [2.24, 2.45) is 5.92 Å². The molecule has 6 nitrogen and oxygen atoms in total. The van der Waals surface area contributed by atoms with Crippen LogP contribution in [0.1, 0.15) is 13.8 Å². The maximum atomic E-state index is 14.1. The van der Waals surface area contributed by atoms with Crippen LogP contribution < -0.4 is 21.0 Å². The third-order valence-electron chi connectivity index (χ3n) is 6.61. The molecular formula is C31H27F6O6P. The molecule has 0 aliphatic heterocycles. The van der Waals surface area contributed by atoms with E-state index in [-0.39, 0.29) is 15.9 Å². The van der Waals surface area contributed by atoms with Crippen molar-refractivity contribution in [3.05, 3.63) is 102 Å². The van der Waals surface area contributed by atoms with Crippen LogP contribution in [-0.2, 0) is 23.9 Å². The number of ether oxygens (including phenoxy) is 2. The number of alkyl halides is 6. The van der Waals surface area contributed by atoms with Crippen LogP contribution in [0.25, 0.3) is 0 Å². The molecule has 3 rings (SSSR count). The van der Waals surface area contributed by atoms with Gasteiger partial charge in [0.15, 0.2) is 5.66 Å². The molecule has 3 aromatic carbocycles. The Morgan fingerprint density at radius 3 is 1.34 bits per heavy atom. The zero-order valence-electron chi connectivity index (χ0n) is 23.4. The number of hydrogen-bond donors (Lipinski definition) is 0. The first-order chi connectivity index (χ1) is 20.7. The van der Waals surface area contributed by atoms with Crippen molar-refractivity contribution in [1.82, 2.24) is 0 Å². The van der Waals surface area contributed by atoms with E-state index >= 15 is 0 Å². The van der Waals surface area contributed by atoms with Crippen LogP contribution >= 0.6 is 7.26 Å². The molecule has 0 aliphatic rings. The minimum Gasteiger partial charge on any atom is -0.869 e. The molecule has 44 heavy (non-hydrogen) atoms. The maximum Gasteiger partial charge on any atom is 0.454 e. The van der Waals surface area contributed by atoms with Crippen molar-refractivity contribution >= 4 is 40.9 Å². The van der Waals surface area contributed by atoms with E-state index in [2.05, 4.69) is 0 Å². The van der Waals surface area contributed by atoms with E-state index in [0.717, 1.165) is 0 Å². The van der Waals surface area contributed by atoms with E-state index in [0.29, 0.717) is 0 Å². The summed E-state index contributed by atoms with van der Waals surface area (Å²) in [5, 5.41) is 13.5. The highest BCUT2D eigenvalue weighted by atomic mass is 31.2. The van der Waals surface area contributed by atoms with Gasteiger partial charge in [0.2, 0.25) is 0 Å². The highest BCUT2D eigenvalue weighted by Crippen LogP contribution is 2.63. The van der Waals surface area contributed by atoms with Crippen LogP contribution in [0.2, 0.25) is 0 Å². The highest BCUT2D eigenvalue weighted by Gasteiger charge is 2.64. The molecule has 3 aromatic rings. The van der Waals surface area contributed by atoms with Gasteiger partial charge in [-0.15, -0.1) is 0 Å². The monoisotopic (exact) mass is 640 g/mol. The van der Waals surface area contributed by atoms with Crippen LogP contribution in [0.5, 0.6) is 0 Å². The molecule has 0 radical (unpaired) electrons. The molecule has 0 aliphatic carbocycles. The van der Waals surface area contributed by atoms with Crippen molar-refractivity contribution in [2.75, 3.05) is 13.2 Å². The Kier molecular flexibility index (Phi) is 11.0. The average Bonchev–Trinajstić information content (AvgIpc) is 2.99. The lowest BCUT2D eigenvalue weighted by Crippen LogP contribution is -2.52. The molecule has 0 aromatic heterocycles. The van der Waals surface area contributed by atoms with Gasteiger partial charge in [-0.1, -0.05) is 54.6 Å². The Bertz CT molecular complexity index is 1380. The second-order valence-electron chi connectivity index (χ2n) is 9.22. The van der Waals surface area contributed by atoms with Crippen molar-refractivity contribution < 1.29 is 55.3 Å². The van der Waals surface area contributed by atoms with Gasteiger partial charge < -0.3 is 14.6 Å². The summed E-state index contributed by atoms with van der Waals surface area (Å²) < 4.78 is 94.1. The van der Waals surface area contributed by atoms with Gasteiger partial charge in [-0.25, -0.2) is 4.79 Å². The van der Waals surface area contributed by atoms with Gasteiger partial charge in [0, 0.05) is 5.57 Å². The summed E-state index contributed by atoms with van der Waals surface area (Å²) in [4.78, 5) is 40.6. The minimum atomic E-state index is -6.03. The van der Waals surface area contributed by atoms with E-state index in [1.54, 1.807) is 18.2 Å². The van der Waals surface area contributed by atoms with Crippen molar-refractivity contribution in [1.29, 1.82) is 0 Å². The number of hydrogen-bond acceptors (Lipinski definition) is 6. The smallest absolute Gasteiger partial charge is 0.454 e. The van der Waals surface area contributed by atoms with Crippen LogP contribution in [0.4, 0.5) is 26.3 Å². The van der Waals surface area contributed by atoms with Crippen LogP contribution in [0, 0.1) is 5.92 Å². The largest absolute Gasteiger partial charge is 0.869 e. The maximum absolute atomic E-state index is 14.1. The fourth-order valence-corrected chi connectivity index (χ4v) is 9.89. The first-order valence-electron chi connectivity index (χ1n) is 13.2. The Labute approximate surface area is 249 Å². The molecule has 234 valence electrons. The predicted molar refractivity (Wildman–Crippen MR) is 150 cm³/mol. The van der Waals surface area contributed by atoms with Gasteiger partial charge in [0.1, 0.15) is 29.1 Å². The summed E-state index contributed by atoms with van der Waals surface area (Å²) in [7, 11) is -3.96. The number of ketones is 1. The van der Waals surface area contributed by atoms with E-state index in [1.165, 1.54) is 86.6 Å². The Morgan fingerprint density at radius 2 is 1.02 bits per heavy atom. The third kappa shape index (κ3) is 6.96. The Hall–Kier alpha value is -4.18. The van der Waals surface area contributed by atoms with Crippen LogP contribution in [0.3, 0.4) is 0 Å². The van der Waals surface area contributed by atoms with Gasteiger partial charge in [-0.2, -0.15) is 26.3 Å². The molecule has 2 atom stereocenters. The van der Waals surface area contributed by atoms with Gasteiger partial charge in [-0.3, -0.25) is 9.59 Å². The summed E-state index contributed by atoms with van der Waals surface area (Å²) in [6, 6.07) is 23.0. The van der Waals surface area contributed by atoms with Gasteiger partial charge in [0.25, 0.3) is 5.78 Å². The topological polar surface area (TPSA) is 92.7 Å². The van der Waals surface area contributed by atoms with Crippen LogP contribution in [0.15, 0.2) is 102 Å². The number of Topliss-reactive ketones (excluding diaryl/α,β-unsaturated/α-hetero) is 1. The number of rotatable bonds is 11.